The number of alkyl halides is 6. The van der Waals surface area contributed by atoms with Gasteiger partial charge in [0.05, 0.1) is 23.4 Å². The zero-order valence-electron chi connectivity index (χ0n) is 19.0. The van der Waals surface area contributed by atoms with E-state index in [9.17, 15) is 31.1 Å². The number of ether oxygens (including phenoxy) is 1. The number of halogens is 6. The highest BCUT2D eigenvalue weighted by Crippen LogP contribution is 2.38. The highest BCUT2D eigenvalue weighted by molar-refractivity contribution is 7.98. The number of aromatic nitrogens is 2. The number of rotatable bonds is 4. The van der Waals surface area contributed by atoms with Gasteiger partial charge in [0.2, 0.25) is 5.88 Å². The lowest BCUT2D eigenvalue weighted by Gasteiger charge is -2.22. The Balaban J connectivity index is 1.80. The van der Waals surface area contributed by atoms with Gasteiger partial charge < -0.3 is 9.64 Å². The van der Waals surface area contributed by atoms with Gasteiger partial charge >= 0.3 is 12.4 Å². The molecule has 190 valence electrons. The van der Waals surface area contributed by atoms with E-state index in [0.29, 0.717) is 22.9 Å². The molecule has 12 heteroatoms. The van der Waals surface area contributed by atoms with Gasteiger partial charge in [0.25, 0.3) is 5.91 Å². The fraction of sp³-hybridized carbons (Fsp3) is 0.292. The van der Waals surface area contributed by atoms with Gasteiger partial charge in [-0.2, -0.15) is 31.3 Å². The minimum atomic E-state index is -4.99. The van der Waals surface area contributed by atoms with Gasteiger partial charge in [-0.3, -0.25) is 4.79 Å². The number of carbonyl (C=O) groups excluding carboxylic acids is 1. The molecule has 0 aliphatic carbocycles. The van der Waals surface area contributed by atoms with E-state index in [2.05, 4.69) is 9.97 Å². The van der Waals surface area contributed by atoms with Crippen LogP contribution in [0.25, 0.3) is 11.3 Å². The number of aryl methyl sites for hydroxylation is 1. The lowest BCUT2D eigenvalue weighted by atomic mass is 10.0. The summed E-state index contributed by atoms with van der Waals surface area (Å²) in [5.74, 6) is -0.639. The fourth-order valence-electron chi connectivity index (χ4n) is 3.84. The lowest BCUT2D eigenvalue weighted by molar-refractivity contribution is -0.143. The maximum Gasteiger partial charge on any atom is 0.416 e. The summed E-state index contributed by atoms with van der Waals surface area (Å²) in [6.45, 7) is 1.20. The molecule has 0 saturated carbocycles. The van der Waals surface area contributed by atoms with Crippen LogP contribution in [0.15, 0.2) is 47.6 Å². The van der Waals surface area contributed by atoms with Crippen LogP contribution in [0.4, 0.5) is 26.3 Å². The first-order valence-corrected chi connectivity index (χ1v) is 11.8. The highest BCUT2D eigenvalue weighted by Gasteiger charge is 2.37. The summed E-state index contributed by atoms with van der Waals surface area (Å²) >= 11 is 1.24. The van der Waals surface area contributed by atoms with Crippen molar-refractivity contribution in [2.75, 3.05) is 19.4 Å². The van der Waals surface area contributed by atoms with Crippen LogP contribution in [0.2, 0.25) is 0 Å². The number of amides is 1. The van der Waals surface area contributed by atoms with Crippen molar-refractivity contribution in [3.8, 4) is 17.1 Å². The molecule has 0 bridgehead atoms. The summed E-state index contributed by atoms with van der Waals surface area (Å²) in [5, 5.41) is 0.348. The molecule has 2 heterocycles. The van der Waals surface area contributed by atoms with E-state index in [4.69, 9.17) is 4.74 Å². The summed E-state index contributed by atoms with van der Waals surface area (Å²) in [6.07, 6.45) is -8.23. The molecule has 0 N–H and O–H groups in total. The van der Waals surface area contributed by atoms with Crippen LogP contribution in [0.5, 0.6) is 5.88 Å². The Morgan fingerprint density at radius 1 is 1.00 bits per heavy atom. The van der Waals surface area contributed by atoms with Crippen LogP contribution >= 0.6 is 11.8 Å². The number of hydrogen-bond acceptors (Lipinski definition) is 5. The van der Waals surface area contributed by atoms with E-state index in [1.54, 1.807) is 18.4 Å². The molecule has 1 aromatic heterocycles. The van der Waals surface area contributed by atoms with Crippen LogP contribution in [-0.4, -0.2) is 40.2 Å². The number of carbonyl (C=O) groups is 1. The molecule has 1 aliphatic heterocycles. The summed E-state index contributed by atoms with van der Waals surface area (Å²) in [7, 11) is 0. The van der Waals surface area contributed by atoms with Crippen molar-refractivity contribution in [1.82, 2.24) is 14.9 Å². The van der Waals surface area contributed by atoms with Crippen molar-refractivity contribution < 1.29 is 35.9 Å². The van der Waals surface area contributed by atoms with Crippen LogP contribution in [-0.2, 0) is 18.9 Å². The van der Waals surface area contributed by atoms with Crippen LogP contribution in [0, 0.1) is 6.92 Å². The van der Waals surface area contributed by atoms with Crippen molar-refractivity contribution >= 4 is 17.7 Å². The Kier molecular flexibility index (Phi) is 6.91. The second kappa shape index (κ2) is 9.64. The zero-order valence-corrected chi connectivity index (χ0v) is 19.8. The van der Waals surface area contributed by atoms with Gasteiger partial charge in [0, 0.05) is 12.1 Å². The molecule has 0 atom stereocenters. The molecule has 0 fully saturated rings. The standard InChI is InChI=1S/C24H19F6N3O2S/c1-13-5-3-4-6-17(13)19-18-20(32-22(31-19)36-2)35-8-7-33(21(18)34)12-14-9-15(23(25,26)27)11-16(10-14)24(28,29)30/h3-6,9-11H,7-8,12H2,1-2H3. The minimum Gasteiger partial charge on any atom is -0.475 e. The monoisotopic (exact) mass is 527 g/mol. The van der Waals surface area contributed by atoms with E-state index < -0.39 is 35.9 Å². The molecule has 4 rings (SSSR count). The van der Waals surface area contributed by atoms with Crippen LogP contribution in [0.3, 0.4) is 0 Å². The second-order valence-electron chi connectivity index (χ2n) is 8.04. The number of fused-ring (bicyclic) bond motifs is 1. The zero-order chi connectivity index (χ0) is 26.3. The molecule has 36 heavy (non-hydrogen) atoms. The van der Waals surface area contributed by atoms with E-state index in [1.165, 1.54) is 11.8 Å². The van der Waals surface area contributed by atoms with E-state index in [-0.39, 0.29) is 41.9 Å². The molecule has 2 aromatic carbocycles. The Morgan fingerprint density at radius 3 is 2.22 bits per heavy atom. The van der Waals surface area contributed by atoms with Gasteiger partial charge in [-0.05, 0) is 42.5 Å². The normalized spacial score (nSPS) is 14.3. The maximum atomic E-state index is 13.6. The Labute approximate surface area is 206 Å². The molecule has 1 aliphatic rings. The third-order valence-electron chi connectivity index (χ3n) is 5.56. The first kappa shape index (κ1) is 25.8. The predicted octanol–water partition coefficient (Wildman–Crippen LogP) is 6.25. The minimum absolute atomic E-state index is 0.00243. The number of benzene rings is 2. The number of hydrogen-bond donors (Lipinski definition) is 0. The quantitative estimate of drug-likeness (QED) is 0.228. The summed E-state index contributed by atoms with van der Waals surface area (Å²) in [5.41, 5.74) is -1.49. The van der Waals surface area contributed by atoms with E-state index in [1.807, 2.05) is 19.1 Å². The van der Waals surface area contributed by atoms with Crippen molar-refractivity contribution in [3.63, 3.8) is 0 Å². The maximum absolute atomic E-state index is 13.6. The molecule has 0 radical (unpaired) electrons. The topological polar surface area (TPSA) is 55.3 Å². The van der Waals surface area contributed by atoms with Gasteiger partial charge in [-0.25, -0.2) is 4.98 Å². The summed E-state index contributed by atoms with van der Waals surface area (Å²) in [4.78, 5) is 23.5. The number of nitrogens with zero attached hydrogens (tertiary/aromatic N) is 3. The van der Waals surface area contributed by atoms with E-state index >= 15 is 0 Å². The SMILES string of the molecule is CSc1nc2c(c(-c3ccccc3C)n1)C(=O)N(Cc1cc(C(F)(F)F)cc(C(F)(F)F)c1)CCO2. The molecule has 1 amide bonds. The molecule has 0 saturated heterocycles. The first-order valence-electron chi connectivity index (χ1n) is 10.6. The summed E-state index contributed by atoms with van der Waals surface area (Å²) < 4.78 is 85.6. The van der Waals surface area contributed by atoms with Gasteiger partial charge in [-0.1, -0.05) is 36.0 Å². The van der Waals surface area contributed by atoms with Crippen molar-refractivity contribution in [2.45, 2.75) is 31.0 Å². The average molecular weight is 527 g/mol. The smallest absolute Gasteiger partial charge is 0.416 e. The average Bonchev–Trinajstić information content (AvgIpc) is 2.96. The fourth-order valence-corrected chi connectivity index (χ4v) is 4.19. The Morgan fingerprint density at radius 2 is 1.64 bits per heavy atom. The highest BCUT2D eigenvalue weighted by atomic mass is 32.2. The molecular weight excluding hydrogens is 508 g/mol. The van der Waals surface area contributed by atoms with Crippen molar-refractivity contribution in [2.24, 2.45) is 0 Å². The molecule has 0 unspecified atom stereocenters. The summed E-state index contributed by atoms with van der Waals surface area (Å²) in [6, 6.07) is 8.44. The van der Waals surface area contributed by atoms with Crippen molar-refractivity contribution in [1.29, 1.82) is 0 Å². The van der Waals surface area contributed by atoms with Gasteiger partial charge in [0.15, 0.2) is 5.16 Å². The van der Waals surface area contributed by atoms with Crippen molar-refractivity contribution in [3.05, 3.63) is 70.3 Å². The van der Waals surface area contributed by atoms with Crippen LogP contribution < -0.4 is 4.74 Å². The number of thioether (sulfide) groups is 1. The van der Waals surface area contributed by atoms with Gasteiger partial charge in [0.1, 0.15) is 12.2 Å². The Bertz CT molecular complexity index is 1280. The third kappa shape index (κ3) is 5.28. The molecule has 0 spiro atoms. The predicted molar refractivity (Wildman–Crippen MR) is 121 cm³/mol. The molecule has 5 nitrogen and oxygen atoms in total. The van der Waals surface area contributed by atoms with E-state index in [0.717, 1.165) is 10.5 Å². The largest absolute Gasteiger partial charge is 0.475 e. The van der Waals surface area contributed by atoms with Crippen LogP contribution in [0.1, 0.15) is 32.6 Å². The second-order valence-corrected chi connectivity index (χ2v) is 8.82. The molecular formula is C24H19F6N3O2S. The third-order valence-corrected chi connectivity index (χ3v) is 6.11. The van der Waals surface area contributed by atoms with Gasteiger partial charge in [-0.15, -0.1) is 0 Å². The lowest BCUT2D eigenvalue weighted by Crippen LogP contribution is -2.32. The Hall–Kier alpha value is -3.28. The first-order chi connectivity index (χ1) is 16.9. The molecule has 3 aromatic rings.